The van der Waals surface area contributed by atoms with Gasteiger partial charge in [-0.15, -0.1) is 0 Å². The molecular formula is C18H18N2S2. The Morgan fingerprint density at radius 1 is 1.18 bits per heavy atom. The van der Waals surface area contributed by atoms with Crippen molar-refractivity contribution in [3.8, 4) is 0 Å². The highest BCUT2D eigenvalue weighted by Gasteiger charge is 2.38. The number of nitrogens with zero attached hydrogens (tertiary/aromatic N) is 2. The molecule has 1 fully saturated rings. The van der Waals surface area contributed by atoms with Crippen LogP contribution in [-0.2, 0) is 11.3 Å². The van der Waals surface area contributed by atoms with Crippen molar-refractivity contribution in [3.05, 3.63) is 66.2 Å². The predicted octanol–water partition coefficient (Wildman–Crippen LogP) is 5.03. The molecule has 0 N–H and O–H groups in total. The lowest BCUT2D eigenvalue weighted by molar-refractivity contribution is 0.507. The molecule has 4 heteroatoms. The highest BCUT2D eigenvalue weighted by Crippen LogP contribution is 2.54. The molecule has 1 saturated heterocycles. The maximum absolute atomic E-state index is 4.20. The third-order valence-electron chi connectivity index (χ3n) is 4.33. The number of hydrogen-bond donors (Lipinski definition) is 0. The molecule has 0 aliphatic carbocycles. The summed E-state index contributed by atoms with van der Waals surface area (Å²) in [5.74, 6) is 1.21. The lowest BCUT2D eigenvalue weighted by atomic mass is 9.92. The van der Waals surface area contributed by atoms with Crippen molar-refractivity contribution in [3.63, 3.8) is 0 Å². The van der Waals surface area contributed by atoms with E-state index in [1.54, 1.807) is 0 Å². The quantitative estimate of drug-likeness (QED) is 0.629. The Hall–Kier alpha value is -1.39. The third-order valence-corrected chi connectivity index (χ3v) is 7.51. The van der Waals surface area contributed by atoms with Crippen LogP contribution in [0.3, 0.4) is 0 Å². The van der Waals surface area contributed by atoms with Crippen LogP contribution in [0.2, 0.25) is 0 Å². The number of rotatable bonds is 3. The highest BCUT2D eigenvalue weighted by molar-refractivity contribution is 8.77. The molecule has 2 nitrogen and oxygen atoms in total. The van der Waals surface area contributed by atoms with E-state index in [4.69, 9.17) is 0 Å². The maximum atomic E-state index is 4.20. The van der Waals surface area contributed by atoms with Crippen molar-refractivity contribution < 1.29 is 0 Å². The Kier molecular flexibility index (Phi) is 3.66. The van der Waals surface area contributed by atoms with E-state index in [1.807, 2.05) is 34.1 Å². The predicted molar refractivity (Wildman–Crippen MR) is 97.3 cm³/mol. The maximum Gasteiger partial charge on any atom is 0.0946 e. The van der Waals surface area contributed by atoms with E-state index in [-0.39, 0.29) is 4.75 Å². The Morgan fingerprint density at radius 2 is 2.05 bits per heavy atom. The zero-order valence-corrected chi connectivity index (χ0v) is 14.2. The second kappa shape index (κ2) is 5.67. The SMILES string of the molecule is Cc1ccc2cc(C3(Cn4ccnc4)CCSS3)ccc2c1. The zero-order valence-electron chi connectivity index (χ0n) is 12.5. The third kappa shape index (κ3) is 2.55. The molecule has 0 bridgehead atoms. The molecule has 0 spiro atoms. The number of imidazole rings is 1. The molecule has 0 saturated carbocycles. The van der Waals surface area contributed by atoms with Gasteiger partial charge in [-0.3, -0.25) is 0 Å². The molecule has 22 heavy (non-hydrogen) atoms. The van der Waals surface area contributed by atoms with E-state index in [0.29, 0.717) is 0 Å². The molecule has 2 aromatic carbocycles. The van der Waals surface area contributed by atoms with Crippen LogP contribution in [0.1, 0.15) is 17.5 Å². The van der Waals surface area contributed by atoms with Crippen molar-refractivity contribution in [2.45, 2.75) is 24.6 Å². The summed E-state index contributed by atoms with van der Waals surface area (Å²) in [4.78, 5) is 4.20. The van der Waals surface area contributed by atoms with Gasteiger partial charge in [0.2, 0.25) is 0 Å². The van der Waals surface area contributed by atoms with Gasteiger partial charge in [-0.05, 0) is 35.7 Å². The monoisotopic (exact) mass is 326 g/mol. The van der Waals surface area contributed by atoms with E-state index in [0.717, 1.165) is 6.54 Å². The second-order valence-electron chi connectivity index (χ2n) is 5.95. The van der Waals surface area contributed by atoms with Gasteiger partial charge in [0.25, 0.3) is 0 Å². The standard InChI is InChI=1S/C18H18N2S2/c1-14-2-3-16-11-17(5-4-15(16)10-14)18(6-9-21-22-18)12-20-8-7-19-13-20/h2-5,7-8,10-11,13H,6,9,12H2,1H3. The van der Waals surface area contributed by atoms with Crippen LogP contribution in [0.15, 0.2) is 55.1 Å². The van der Waals surface area contributed by atoms with Gasteiger partial charge >= 0.3 is 0 Å². The summed E-state index contributed by atoms with van der Waals surface area (Å²) in [6.07, 6.45) is 7.06. The fraction of sp³-hybridized carbons (Fsp3) is 0.278. The summed E-state index contributed by atoms with van der Waals surface area (Å²) >= 11 is 0. The van der Waals surface area contributed by atoms with Gasteiger partial charge in [0.05, 0.1) is 11.1 Å². The minimum atomic E-state index is 0.157. The van der Waals surface area contributed by atoms with Crippen LogP contribution in [0.25, 0.3) is 10.8 Å². The lowest BCUT2D eigenvalue weighted by Crippen LogP contribution is -2.25. The summed E-state index contributed by atoms with van der Waals surface area (Å²) in [5.41, 5.74) is 2.76. The summed E-state index contributed by atoms with van der Waals surface area (Å²) < 4.78 is 2.36. The minimum Gasteiger partial charge on any atom is -0.336 e. The fourth-order valence-corrected chi connectivity index (χ4v) is 6.47. The number of aryl methyl sites for hydroxylation is 1. The molecule has 1 aliphatic rings. The highest BCUT2D eigenvalue weighted by atomic mass is 33.1. The van der Waals surface area contributed by atoms with Gasteiger partial charge in [-0.1, -0.05) is 57.5 Å². The molecular weight excluding hydrogens is 308 g/mol. The first-order valence-corrected chi connectivity index (χ1v) is 9.84. The van der Waals surface area contributed by atoms with Crippen molar-refractivity contribution in [1.82, 2.24) is 9.55 Å². The van der Waals surface area contributed by atoms with Crippen LogP contribution < -0.4 is 0 Å². The Labute approximate surface area is 138 Å². The van der Waals surface area contributed by atoms with E-state index in [1.165, 1.54) is 34.1 Å². The van der Waals surface area contributed by atoms with Crippen LogP contribution in [0, 0.1) is 6.92 Å². The largest absolute Gasteiger partial charge is 0.336 e. The van der Waals surface area contributed by atoms with Crippen molar-refractivity contribution in [2.75, 3.05) is 5.75 Å². The molecule has 2 heterocycles. The fourth-order valence-electron chi connectivity index (χ4n) is 3.12. The molecule has 1 aromatic heterocycles. The minimum absolute atomic E-state index is 0.157. The van der Waals surface area contributed by atoms with Crippen LogP contribution in [0.4, 0.5) is 0 Å². The van der Waals surface area contributed by atoms with Crippen molar-refractivity contribution in [1.29, 1.82) is 0 Å². The van der Waals surface area contributed by atoms with Gasteiger partial charge in [-0.25, -0.2) is 4.98 Å². The van der Waals surface area contributed by atoms with Crippen molar-refractivity contribution >= 4 is 32.4 Å². The van der Waals surface area contributed by atoms with E-state index in [9.17, 15) is 0 Å². The first-order valence-electron chi connectivity index (χ1n) is 7.52. The van der Waals surface area contributed by atoms with E-state index in [2.05, 4.69) is 59.1 Å². The van der Waals surface area contributed by atoms with Gasteiger partial charge in [0, 0.05) is 24.7 Å². The van der Waals surface area contributed by atoms with Gasteiger partial charge in [0.1, 0.15) is 0 Å². The topological polar surface area (TPSA) is 17.8 Å². The number of benzene rings is 2. The lowest BCUT2D eigenvalue weighted by Gasteiger charge is -2.28. The summed E-state index contributed by atoms with van der Waals surface area (Å²) in [7, 11) is 4.01. The first kappa shape index (κ1) is 14.2. The summed E-state index contributed by atoms with van der Waals surface area (Å²) in [6, 6.07) is 13.7. The molecule has 3 aromatic rings. The summed E-state index contributed by atoms with van der Waals surface area (Å²) in [5, 5.41) is 2.67. The first-order chi connectivity index (χ1) is 10.8. The molecule has 1 aliphatic heterocycles. The van der Waals surface area contributed by atoms with Crippen LogP contribution in [-0.4, -0.2) is 15.3 Å². The molecule has 0 radical (unpaired) electrons. The van der Waals surface area contributed by atoms with Crippen molar-refractivity contribution in [2.24, 2.45) is 0 Å². The van der Waals surface area contributed by atoms with Gasteiger partial charge in [0.15, 0.2) is 0 Å². The van der Waals surface area contributed by atoms with Gasteiger partial charge < -0.3 is 4.57 Å². The summed E-state index contributed by atoms with van der Waals surface area (Å²) in [6.45, 7) is 3.14. The Morgan fingerprint density at radius 3 is 2.82 bits per heavy atom. The normalized spacial score (nSPS) is 21.5. The number of hydrogen-bond acceptors (Lipinski definition) is 3. The molecule has 1 unspecified atom stereocenters. The second-order valence-corrected chi connectivity index (χ2v) is 8.75. The molecule has 4 rings (SSSR count). The zero-order chi connectivity index (χ0) is 15.0. The van der Waals surface area contributed by atoms with Crippen LogP contribution >= 0.6 is 21.6 Å². The number of fused-ring (bicyclic) bond motifs is 1. The molecule has 0 amide bonds. The van der Waals surface area contributed by atoms with E-state index >= 15 is 0 Å². The van der Waals surface area contributed by atoms with E-state index < -0.39 is 0 Å². The van der Waals surface area contributed by atoms with Crippen LogP contribution in [0.5, 0.6) is 0 Å². The average molecular weight is 326 g/mol. The molecule has 1 atom stereocenters. The Balaban J connectivity index is 1.77. The average Bonchev–Trinajstić information content (AvgIpc) is 3.20. The van der Waals surface area contributed by atoms with Gasteiger partial charge in [-0.2, -0.15) is 0 Å². The Bertz CT molecular complexity index is 790. The molecule has 112 valence electrons. The number of aromatic nitrogens is 2. The smallest absolute Gasteiger partial charge is 0.0946 e.